The van der Waals surface area contributed by atoms with Gasteiger partial charge in [0.1, 0.15) is 0 Å². The molecule has 1 aliphatic rings. The molecule has 0 atom stereocenters. The highest BCUT2D eigenvalue weighted by atomic mass is 32.2. The summed E-state index contributed by atoms with van der Waals surface area (Å²) in [6, 6.07) is 0. The maximum Gasteiger partial charge on any atom is 0.358 e. The fourth-order valence-electron chi connectivity index (χ4n) is 1.71. The number of hydrogen-bond acceptors (Lipinski definition) is 6. The molecule has 1 fully saturated rings. The summed E-state index contributed by atoms with van der Waals surface area (Å²) in [6.07, 6.45) is 7.25. The maximum atomic E-state index is 12.6. The van der Waals surface area contributed by atoms with Crippen LogP contribution in [0.3, 0.4) is 0 Å². The van der Waals surface area contributed by atoms with Gasteiger partial charge in [0, 0.05) is 6.54 Å². The van der Waals surface area contributed by atoms with E-state index in [-0.39, 0.29) is 16.4 Å². The number of carbonyl (C=O) groups excluding carboxylic acids is 1. The molecule has 0 bridgehead atoms. The van der Waals surface area contributed by atoms with Gasteiger partial charge in [-0.1, -0.05) is 5.92 Å². The van der Waals surface area contributed by atoms with E-state index in [0.717, 1.165) is 24.2 Å². The van der Waals surface area contributed by atoms with Crippen LogP contribution in [0, 0.1) is 18.3 Å². The van der Waals surface area contributed by atoms with Crippen molar-refractivity contribution in [1.82, 2.24) is 9.29 Å². The minimum Gasteiger partial charge on any atom is -0.464 e. The zero-order valence-corrected chi connectivity index (χ0v) is 12.5. The van der Waals surface area contributed by atoms with Crippen molar-refractivity contribution in [2.75, 3.05) is 20.2 Å². The third-order valence-corrected chi connectivity index (χ3v) is 6.07. The molecule has 0 aliphatic heterocycles. The van der Waals surface area contributed by atoms with E-state index in [1.807, 2.05) is 0 Å². The molecule has 0 radical (unpaired) electrons. The zero-order valence-electron chi connectivity index (χ0n) is 10.9. The first-order valence-electron chi connectivity index (χ1n) is 5.96. The van der Waals surface area contributed by atoms with Crippen LogP contribution in [0.4, 0.5) is 0 Å². The number of esters is 1. The van der Waals surface area contributed by atoms with Crippen LogP contribution in [-0.2, 0) is 14.8 Å². The number of thiazole rings is 1. The normalized spacial score (nSPS) is 15.1. The van der Waals surface area contributed by atoms with Crippen LogP contribution in [0.2, 0.25) is 0 Å². The summed E-state index contributed by atoms with van der Waals surface area (Å²) < 4.78 is 30.8. The summed E-state index contributed by atoms with van der Waals surface area (Å²) in [5, 5.41) is 0. The number of carbonyl (C=O) groups is 1. The topological polar surface area (TPSA) is 76.6 Å². The molecule has 6 nitrogen and oxygen atoms in total. The van der Waals surface area contributed by atoms with Crippen LogP contribution in [-0.4, -0.2) is 43.9 Å². The Balaban J connectivity index is 2.34. The second kappa shape index (κ2) is 5.91. The smallest absolute Gasteiger partial charge is 0.358 e. The molecule has 1 aliphatic carbocycles. The van der Waals surface area contributed by atoms with Crippen LogP contribution in [0.5, 0.6) is 0 Å². The third-order valence-electron chi connectivity index (χ3n) is 2.91. The first-order chi connectivity index (χ1) is 9.50. The Kier molecular flexibility index (Phi) is 4.42. The van der Waals surface area contributed by atoms with Gasteiger partial charge in [0.05, 0.1) is 19.2 Å². The maximum absolute atomic E-state index is 12.6. The molecule has 0 unspecified atom stereocenters. The minimum atomic E-state index is -3.81. The molecule has 0 amide bonds. The summed E-state index contributed by atoms with van der Waals surface area (Å²) in [4.78, 5) is 15.3. The number of methoxy groups -OCH3 is 1. The first-order valence-corrected chi connectivity index (χ1v) is 8.28. The lowest BCUT2D eigenvalue weighted by atomic mass is 10.4. The molecular formula is C12H14N2O4S2. The van der Waals surface area contributed by atoms with E-state index in [0.29, 0.717) is 12.5 Å². The highest BCUT2D eigenvalue weighted by Gasteiger charge is 2.35. The lowest BCUT2D eigenvalue weighted by Crippen LogP contribution is -2.33. The molecular weight excluding hydrogens is 300 g/mol. The Labute approximate surface area is 121 Å². The second-order valence-corrected chi connectivity index (χ2v) is 7.41. The Morgan fingerprint density at radius 1 is 1.65 bits per heavy atom. The van der Waals surface area contributed by atoms with E-state index < -0.39 is 16.0 Å². The third kappa shape index (κ3) is 3.00. The standard InChI is InChI=1S/C12H14N2O4S2/c1-3-6-14(7-9-4-5-9)20(16,17)12-10(11(15)18-2)13-8-19-12/h1,8-9H,4-7H2,2H3. The Morgan fingerprint density at radius 2 is 2.35 bits per heavy atom. The van der Waals surface area contributed by atoms with E-state index in [1.165, 1.54) is 16.9 Å². The first kappa shape index (κ1) is 15.0. The molecule has 0 aromatic carbocycles. The van der Waals surface area contributed by atoms with Gasteiger partial charge in [-0.05, 0) is 18.8 Å². The van der Waals surface area contributed by atoms with Gasteiger partial charge >= 0.3 is 5.97 Å². The van der Waals surface area contributed by atoms with E-state index in [1.54, 1.807) is 0 Å². The number of sulfonamides is 1. The number of nitrogens with zero attached hydrogens (tertiary/aromatic N) is 2. The predicted molar refractivity (Wildman–Crippen MR) is 73.8 cm³/mol. The van der Waals surface area contributed by atoms with E-state index >= 15 is 0 Å². The summed E-state index contributed by atoms with van der Waals surface area (Å²) in [5.74, 6) is 1.93. The average Bonchev–Trinajstić information content (AvgIpc) is 3.09. The van der Waals surface area contributed by atoms with Crippen molar-refractivity contribution in [2.24, 2.45) is 5.92 Å². The van der Waals surface area contributed by atoms with Gasteiger partial charge in [0.15, 0.2) is 9.90 Å². The van der Waals surface area contributed by atoms with Crippen LogP contribution in [0.1, 0.15) is 23.3 Å². The fourth-order valence-corrected chi connectivity index (χ4v) is 4.41. The molecule has 108 valence electrons. The van der Waals surface area contributed by atoms with Gasteiger partial charge < -0.3 is 4.74 Å². The quantitative estimate of drug-likeness (QED) is 0.577. The molecule has 0 N–H and O–H groups in total. The van der Waals surface area contributed by atoms with Crippen molar-refractivity contribution in [3.05, 3.63) is 11.2 Å². The minimum absolute atomic E-state index is 0.0165. The fraction of sp³-hybridized carbons (Fsp3) is 0.500. The van der Waals surface area contributed by atoms with Gasteiger partial charge in [0.2, 0.25) is 0 Å². The van der Waals surface area contributed by atoms with Crippen molar-refractivity contribution in [3.63, 3.8) is 0 Å². The van der Waals surface area contributed by atoms with Crippen molar-refractivity contribution in [3.8, 4) is 12.3 Å². The summed E-state index contributed by atoms with van der Waals surface area (Å²) in [7, 11) is -2.63. The zero-order chi connectivity index (χ0) is 14.8. The molecule has 0 saturated heterocycles. The van der Waals surface area contributed by atoms with Crippen molar-refractivity contribution < 1.29 is 17.9 Å². The highest BCUT2D eigenvalue weighted by Crippen LogP contribution is 2.32. The van der Waals surface area contributed by atoms with Gasteiger partial charge in [-0.3, -0.25) is 0 Å². The summed E-state index contributed by atoms with van der Waals surface area (Å²) in [6.45, 7) is 0.363. The van der Waals surface area contributed by atoms with Crippen LogP contribution in [0.15, 0.2) is 9.72 Å². The number of rotatable bonds is 6. The summed E-state index contributed by atoms with van der Waals surface area (Å²) in [5.41, 5.74) is 1.12. The van der Waals surface area contributed by atoms with Gasteiger partial charge in [-0.15, -0.1) is 17.8 Å². The summed E-state index contributed by atoms with van der Waals surface area (Å²) >= 11 is 0.892. The SMILES string of the molecule is C#CCN(CC1CC1)S(=O)(=O)c1scnc1C(=O)OC. The molecule has 1 heterocycles. The Bertz CT molecular complexity index is 641. The van der Waals surface area contributed by atoms with Crippen LogP contribution in [0.25, 0.3) is 0 Å². The van der Waals surface area contributed by atoms with Crippen LogP contribution >= 0.6 is 11.3 Å². The monoisotopic (exact) mass is 314 g/mol. The Morgan fingerprint density at radius 3 is 2.90 bits per heavy atom. The van der Waals surface area contributed by atoms with Crippen LogP contribution < -0.4 is 0 Å². The van der Waals surface area contributed by atoms with E-state index in [9.17, 15) is 13.2 Å². The van der Waals surface area contributed by atoms with Crippen molar-refractivity contribution >= 4 is 27.3 Å². The molecule has 1 aromatic heterocycles. The van der Waals surface area contributed by atoms with E-state index in [4.69, 9.17) is 6.42 Å². The number of aromatic nitrogens is 1. The lowest BCUT2D eigenvalue weighted by molar-refractivity contribution is 0.0590. The van der Waals surface area contributed by atoms with Crippen molar-refractivity contribution in [1.29, 1.82) is 0 Å². The number of terminal acetylenes is 1. The average molecular weight is 314 g/mol. The molecule has 2 rings (SSSR count). The number of ether oxygens (including phenoxy) is 1. The highest BCUT2D eigenvalue weighted by molar-refractivity contribution is 7.91. The second-order valence-electron chi connectivity index (χ2n) is 4.43. The molecule has 0 spiro atoms. The predicted octanol–water partition coefficient (Wildman–Crippen LogP) is 0.964. The van der Waals surface area contributed by atoms with Gasteiger partial charge in [-0.25, -0.2) is 18.2 Å². The number of hydrogen-bond donors (Lipinski definition) is 0. The largest absolute Gasteiger partial charge is 0.464 e. The molecule has 20 heavy (non-hydrogen) atoms. The van der Waals surface area contributed by atoms with E-state index in [2.05, 4.69) is 15.6 Å². The van der Waals surface area contributed by atoms with Gasteiger partial charge in [0.25, 0.3) is 10.0 Å². The molecule has 8 heteroatoms. The van der Waals surface area contributed by atoms with Crippen molar-refractivity contribution in [2.45, 2.75) is 17.1 Å². The molecule has 1 saturated carbocycles. The Hall–Kier alpha value is -1.43. The molecule has 1 aromatic rings. The lowest BCUT2D eigenvalue weighted by Gasteiger charge is -2.18. The van der Waals surface area contributed by atoms with Gasteiger partial charge in [-0.2, -0.15) is 4.31 Å².